The SMILES string of the molecule is CCCC(CCC)(C(=O)N(CCO)CCOC)C(N)=NO. The van der Waals surface area contributed by atoms with E-state index in [1.807, 2.05) is 13.8 Å². The standard InChI is InChI=1S/C14H29N3O4/c1-4-6-14(7-5-2,12(15)16-20)13(19)17(8-10-18)9-11-21-3/h18,20H,4-11H2,1-3H3,(H2,15,16). The van der Waals surface area contributed by atoms with Crippen LogP contribution in [0, 0.1) is 5.41 Å². The Morgan fingerprint density at radius 2 is 1.86 bits per heavy atom. The molecule has 0 bridgehead atoms. The Kier molecular flexibility index (Phi) is 9.73. The molecule has 0 unspecified atom stereocenters. The van der Waals surface area contributed by atoms with Crippen LogP contribution in [0.15, 0.2) is 5.16 Å². The zero-order valence-electron chi connectivity index (χ0n) is 13.3. The lowest BCUT2D eigenvalue weighted by Gasteiger charge is -2.36. The molecular formula is C14H29N3O4. The third-order valence-electron chi connectivity index (χ3n) is 3.58. The van der Waals surface area contributed by atoms with Crippen LogP contribution in [0.25, 0.3) is 0 Å². The van der Waals surface area contributed by atoms with Crippen LogP contribution >= 0.6 is 0 Å². The van der Waals surface area contributed by atoms with E-state index in [1.165, 1.54) is 4.90 Å². The predicted octanol–water partition coefficient (Wildman–Crippen LogP) is 0.787. The molecule has 0 spiro atoms. The highest BCUT2D eigenvalue weighted by atomic mass is 16.5. The Morgan fingerprint density at radius 3 is 2.24 bits per heavy atom. The molecule has 0 aliphatic carbocycles. The number of hydrogen-bond acceptors (Lipinski definition) is 5. The molecule has 7 heteroatoms. The summed E-state index contributed by atoms with van der Waals surface area (Å²) in [6.07, 6.45) is 2.48. The van der Waals surface area contributed by atoms with E-state index in [0.717, 1.165) is 12.8 Å². The van der Waals surface area contributed by atoms with E-state index in [1.54, 1.807) is 7.11 Å². The molecule has 21 heavy (non-hydrogen) atoms. The van der Waals surface area contributed by atoms with Crippen LogP contribution in [0.4, 0.5) is 0 Å². The Morgan fingerprint density at radius 1 is 1.29 bits per heavy atom. The number of carbonyl (C=O) groups is 1. The fourth-order valence-electron chi connectivity index (χ4n) is 2.59. The first-order chi connectivity index (χ1) is 10.0. The number of nitrogens with two attached hydrogens (primary N) is 1. The van der Waals surface area contributed by atoms with Gasteiger partial charge < -0.3 is 25.7 Å². The van der Waals surface area contributed by atoms with Gasteiger partial charge in [0.15, 0.2) is 5.84 Å². The van der Waals surface area contributed by atoms with Gasteiger partial charge in [-0.05, 0) is 12.8 Å². The maximum atomic E-state index is 12.9. The van der Waals surface area contributed by atoms with E-state index in [9.17, 15) is 4.79 Å². The number of rotatable bonds is 11. The molecule has 0 saturated heterocycles. The first kappa shape index (κ1) is 19.7. The highest BCUT2D eigenvalue weighted by Crippen LogP contribution is 2.32. The van der Waals surface area contributed by atoms with Gasteiger partial charge in [-0.3, -0.25) is 4.79 Å². The molecule has 0 heterocycles. The molecule has 0 aliphatic heterocycles. The fourth-order valence-corrected chi connectivity index (χ4v) is 2.59. The lowest BCUT2D eigenvalue weighted by Crippen LogP contribution is -2.52. The second-order valence-electron chi connectivity index (χ2n) is 5.08. The molecule has 4 N–H and O–H groups in total. The molecular weight excluding hydrogens is 274 g/mol. The van der Waals surface area contributed by atoms with E-state index in [2.05, 4.69) is 5.16 Å². The van der Waals surface area contributed by atoms with E-state index < -0.39 is 5.41 Å². The van der Waals surface area contributed by atoms with Crippen molar-refractivity contribution in [2.24, 2.45) is 16.3 Å². The summed E-state index contributed by atoms with van der Waals surface area (Å²) in [6, 6.07) is 0. The lowest BCUT2D eigenvalue weighted by atomic mass is 9.76. The van der Waals surface area contributed by atoms with Gasteiger partial charge in [0.25, 0.3) is 0 Å². The van der Waals surface area contributed by atoms with Crippen molar-refractivity contribution in [3.05, 3.63) is 0 Å². The monoisotopic (exact) mass is 303 g/mol. The average Bonchev–Trinajstić information content (AvgIpc) is 2.49. The third-order valence-corrected chi connectivity index (χ3v) is 3.58. The Hall–Kier alpha value is -1.34. The van der Waals surface area contributed by atoms with Crippen LogP contribution in [0.5, 0.6) is 0 Å². The molecule has 0 aliphatic rings. The molecule has 0 radical (unpaired) electrons. The van der Waals surface area contributed by atoms with Crippen LogP contribution < -0.4 is 5.73 Å². The summed E-state index contributed by atoms with van der Waals surface area (Å²) in [6.45, 7) is 4.71. The molecule has 0 aromatic carbocycles. The highest BCUT2D eigenvalue weighted by molar-refractivity contribution is 6.06. The van der Waals surface area contributed by atoms with Crippen molar-refractivity contribution in [1.29, 1.82) is 0 Å². The normalized spacial score (nSPS) is 12.5. The van der Waals surface area contributed by atoms with Crippen LogP contribution in [0.3, 0.4) is 0 Å². The van der Waals surface area contributed by atoms with E-state index in [0.29, 0.717) is 26.0 Å². The number of nitrogens with zero attached hydrogens (tertiary/aromatic N) is 2. The molecule has 7 nitrogen and oxygen atoms in total. The lowest BCUT2D eigenvalue weighted by molar-refractivity contribution is -0.140. The number of hydrogen-bond donors (Lipinski definition) is 3. The second kappa shape index (κ2) is 10.4. The van der Waals surface area contributed by atoms with Gasteiger partial charge in [-0.2, -0.15) is 0 Å². The van der Waals surface area contributed by atoms with Crippen LogP contribution in [-0.4, -0.2) is 60.4 Å². The minimum Gasteiger partial charge on any atom is -0.409 e. The molecule has 0 atom stereocenters. The Bertz CT molecular complexity index is 328. The average molecular weight is 303 g/mol. The maximum absolute atomic E-state index is 12.9. The molecule has 0 aromatic rings. The molecule has 0 saturated carbocycles. The van der Waals surface area contributed by atoms with Crippen molar-refractivity contribution in [3.63, 3.8) is 0 Å². The second-order valence-corrected chi connectivity index (χ2v) is 5.08. The number of aliphatic hydroxyl groups is 1. The number of amidine groups is 1. The highest BCUT2D eigenvalue weighted by Gasteiger charge is 2.43. The molecule has 124 valence electrons. The maximum Gasteiger partial charge on any atom is 0.236 e. The zero-order chi connectivity index (χ0) is 16.3. The summed E-state index contributed by atoms with van der Waals surface area (Å²) in [4.78, 5) is 14.4. The summed E-state index contributed by atoms with van der Waals surface area (Å²) >= 11 is 0. The number of ether oxygens (including phenoxy) is 1. The van der Waals surface area contributed by atoms with Crippen LogP contribution in [0.2, 0.25) is 0 Å². The van der Waals surface area contributed by atoms with Gasteiger partial charge >= 0.3 is 0 Å². The van der Waals surface area contributed by atoms with Crippen molar-refractivity contribution in [1.82, 2.24) is 4.90 Å². The summed E-state index contributed by atoms with van der Waals surface area (Å²) in [5.41, 5.74) is 4.83. The van der Waals surface area contributed by atoms with Crippen molar-refractivity contribution >= 4 is 11.7 Å². The van der Waals surface area contributed by atoms with Crippen molar-refractivity contribution in [2.45, 2.75) is 39.5 Å². The number of methoxy groups -OCH3 is 1. The topological polar surface area (TPSA) is 108 Å². The van der Waals surface area contributed by atoms with Crippen LogP contribution in [0.1, 0.15) is 39.5 Å². The summed E-state index contributed by atoms with van der Waals surface area (Å²) < 4.78 is 5.00. The predicted molar refractivity (Wildman–Crippen MR) is 81.2 cm³/mol. The van der Waals surface area contributed by atoms with Gasteiger partial charge in [-0.15, -0.1) is 0 Å². The van der Waals surface area contributed by atoms with Crippen LogP contribution in [-0.2, 0) is 9.53 Å². The van der Waals surface area contributed by atoms with Gasteiger partial charge in [0.2, 0.25) is 5.91 Å². The first-order valence-corrected chi connectivity index (χ1v) is 7.41. The number of oxime groups is 1. The van der Waals surface area contributed by atoms with E-state index in [4.69, 9.17) is 20.8 Å². The van der Waals surface area contributed by atoms with Gasteiger partial charge in [0, 0.05) is 20.2 Å². The largest absolute Gasteiger partial charge is 0.409 e. The number of amides is 1. The molecule has 0 fully saturated rings. The van der Waals surface area contributed by atoms with Gasteiger partial charge in [-0.1, -0.05) is 31.8 Å². The Balaban J connectivity index is 5.47. The minimum absolute atomic E-state index is 0.0587. The van der Waals surface area contributed by atoms with Gasteiger partial charge in [-0.25, -0.2) is 0 Å². The third kappa shape index (κ3) is 5.17. The fraction of sp³-hybridized carbons (Fsp3) is 0.857. The van der Waals surface area contributed by atoms with E-state index in [-0.39, 0.29) is 24.9 Å². The van der Waals surface area contributed by atoms with Crippen molar-refractivity contribution < 1.29 is 19.8 Å². The Labute approximate surface area is 126 Å². The number of carbonyl (C=O) groups excluding carboxylic acids is 1. The molecule has 0 rings (SSSR count). The van der Waals surface area contributed by atoms with Crippen molar-refractivity contribution in [3.8, 4) is 0 Å². The molecule has 1 amide bonds. The molecule has 0 aromatic heterocycles. The zero-order valence-corrected chi connectivity index (χ0v) is 13.3. The number of aliphatic hydroxyl groups excluding tert-OH is 1. The van der Waals surface area contributed by atoms with Crippen molar-refractivity contribution in [2.75, 3.05) is 33.4 Å². The quantitative estimate of drug-likeness (QED) is 0.226. The summed E-state index contributed by atoms with van der Waals surface area (Å²) in [7, 11) is 1.55. The summed E-state index contributed by atoms with van der Waals surface area (Å²) in [5, 5.41) is 21.3. The summed E-state index contributed by atoms with van der Waals surface area (Å²) in [5.74, 6) is -0.274. The smallest absolute Gasteiger partial charge is 0.236 e. The van der Waals surface area contributed by atoms with Gasteiger partial charge in [0.1, 0.15) is 5.41 Å². The minimum atomic E-state index is -1.01. The first-order valence-electron chi connectivity index (χ1n) is 7.41. The van der Waals surface area contributed by atoms with E-state index >= 15 is 0 Å². The van der Waals surface area contributed by atoms with Gasteiger partial charge in [0.05, 0.1) is 13.2 Å².